The van der Waals surface area contributed by atoms with Crippen LogP contribution >= 0.6 is 0 Å². The summed E-state index contributed by atoms with van der Waals surface area (Å²) in [6.07, 6.45) is 4.36. The van der Waals surface area contributed by atoms with Gasteiger partial charge in [0.05, 0.1) is 0 Å². The standard InChI is InChI=1S/C17H15N/c1-18-12-16(14-8-4-2-5-9-14)17(13-18)15-10-6-3-7-11-15/h2-13H,1H3. The SMILES string of the molecule is Cn1cc(-c2ccccc2)c(-c2ccccc2)c1. The first-order valence-corrected chi connectivity index (χ1v) is 6.11. The predicted molar refractivity (Wildman–Crippen MR) is 76.3 cm³/mol. The molecule has 0 atom stereocenters. The lowest BCUT2D eigenvalue weighted by molar-refractivity contribution is 0.929. The van der Waals surface area contributed by atoms with Gasteiger partial charge in [0.1, 0.15) is 0 Å². The van der Waals surface area contributed by atoms with Crippen LogP contribution in [0.15, 0.2) is 73.1 Å². The molecule has 0 bridgehead atoms. The molecule has 88 valence electrons. The second-order valence-electron chi connectivity index (χ2n) is 4.48. The molecular formula is C17H15N. The van der Waals surface area contributed by atoms with Crippen LogP contribution < -0.4 is 0 Å². The number of nitrogens with zero attached hydrogens (tertiary/aromatic N) is 1. The van der Waals surface area contributed by atoms with Gasteiger partial charge in [0.25, 0.3) is 0 Å². The fourth-order valence-corrected chi connectivity index (χ4v) is 2.28. The van der Waals surface area contributed by atoms with Crippen molar-refractivity contribution in [3.8, 4) is 22.3 Å². The van der Waals surface area contributed by atoms with Crippen molar-refractivity contribution in [1.29, 1.82) is 0 Å². The quantitative estimate of drug-likeness (QED) is 0.619. The second kappa shape index (κ2) is 4.53. The van der Waals surface area contributed by atoms with Crippen molar-refractivity contribution in [2.45, 2.75) is 0 Å². The van der Waals surface area contributed by atoms with Crippen molar-refractivity contribution in [2.75, 3.05) is 0 Å². The summed E-state index contributed by atoms with van der Waals surface area (Å²) in [7, 11) is 2.07. The average Bonchev–Trinajstić information content (AvgIpc) is 2.83. The van der Waals surface area contributed by atoms with Crippen molar-refractivity contribution in [1.82, 2.24) is 4.57 Å². The van der Waals surface area contributed by atoms with Crippen LogP contribution in [0.4, 0.5) is 0 Å². The molecule has 1 heteroatoms. The average molecular weight is 233 g/mol. The van der Waals surface area contributed by atoms with Gasteiger partial charge in [-0.1, -0.05) is 60.7 Å². The maximum Gasteiger partial charge on any atom is 0.0117 e. The van der Waals surface area contributed by atoms with E-state index in [1.807, 2.05) is 0 Å². The van der Waals surface area contributed by atoms with E-state index in [-0.39, 0.29) is 0 Å². The second-order valence-corrected chi connectivity index (χ2v) is 4.48. The minimum Gasteiger partial charge on any atom is -0.356 e. The van der Waals surface area contributed by atoms with Gasteiger partial charge >= 0.3 is 0 Å². The molecule has 2 aromatic carbocycles. The third-order valence-corrected chi connectivity index (χ3v) is 3.13. The Bertz CT molecular complexity index is 579. The molecule has 0 aliphatic carbocycles. The van der Waals surface area contributed by atoms with Crippen molar-refractivity contribution in [2.24, 2.45) is 7.05 Å². The largest absolute Gasteiger partial charge is 0.356 e. The smallest absolute Gasteiger partial charge is 0.0117 e. The van der Waals surface area contributed by atoms with E-state index in [1.54, 1.807) is 0 Å². The fourth-order valence-electron chi connectivity index (χ4n) is 2.28. The molecule has 0 saturated heterocycles. The lowest BCUT2D eigenvalue weighted by atomic mass is 9.99. The van der Waals surface area contributed by atoms with Crippen LogP contribution in [0.5, 0.6) is 0 Å². The monoisotopic (exact) mass is 233 g/mol. The Kier molecular flexibility index (Phi) is 2.73. The van der Waals surface area contributed by atoms with Crippen molar-refractivity contribution >= 4 is 0 Å². The highest BCUT2D eigenvalue weighted by Crippen LogP contribution is 2.32. The van der Waals surface area contributed by atoms with Gasteiger partial charge in [-0.3, -0.25) is 0 Å². The van der Waals surface area contributed by atoms with Gasteiger partial charge in [-0.2, -0.15) is 0 Å². The Morgan fingerprint density at radius 3 is 1.39 bits per heavy atom. The molecule has 3 rings (SSSR count). The highest BCUT2D eigenvalue weighted by Gasteiger charge is 2.08. The molecule has 0 aliphatic heterocycles. The fraction of sp³-hybridized carbons (Fsp3) is 0.0588. The first-order chi connectivity index (χ1) is 8.84. The third-order valence-electron chi connectivity index (χ3n) is 3.13. The molecule has 1 heterocycles. The van der Waals surface area contributed by atoms with Crippen LogP contribution in [0.3, 0.4) is 0 Å². The van der Waals surface area contributed by atoms with Crippen LogP contribution in [-0.4, -0.2) is 4.57 Å². The topological polar surface area (TPSA) is 4.93 Å². The van der Waals surface area contributed by atoms with E-state index >= 15 is 0 Å². The minimum absolute atomic E-state index is 1.26. The zero-order valence-corrected chi connectivity index (χ0v) is 10.4. The van der Waals surface area contributed by atoms with E-state index in [9.17, 15) is 0 Å². The van der Waals surface area contributed by atoms with E-state index < -0.39 is 0 Å². The van der Waals surface area contributed by atoms with Crippen LogP contribution in [0, 0.1) is 0 Å². The van der Waals surface area contributed by atoms with Gasteiger partial charge in [-0.05, 0) is 11.1 Å². The number of aryl methyl sites for hydroxylation is 1. The molecule has 1 aromatic heterocycles. The minimum atomic E-state index is 1.26. The zero-order valence-electron chi connectivity index (χ0n) is 10.4. The van der Waals surface area contributed by atoms with Gasteiger partial charge in [-0.15, -0.1) is 0 Å². The first-order valence-electron chi connectivity index (χ1n) is 6.11. The lowest BCUT2D eigenvalue weighted by Crippen LogP contribution is -1.78. The normalized spacial score (nSPS) is 10.5. The molecule has 0 spiro atoms. The highest BCUT2D eigenvalue weighted by atomic mass is 14.9. The number of hydrogen-bond donors (Lipinski definition) is 0. The number of rotatable bonds is 2. The summed E-state index contributed by atoms with van der Waals surface area (Å²) >= 11 is 0. The summed E-state index contributed by atoms with van der Waals surface area (Å²) < 4.78 is 2.12. The lowest BCUT2D eigenvalue weighted by Gasteiger charge is -2.03. The number of hydrogen-bond acceptors (Lipinski definition) is 0. The number of aromatic nitrogens is 1. The zero-order chi connectivity index (χ0) is 12.4. The molecule has 0 aliphatic rings. The maximum atomic E-state index is 2.18. The van der Waals surface area contributed by atoms with E-state index in [2.05, 4.69) is 84.7 Å². The van der Waals surface area contributed by atoms with Crippen molar-refractivity contribution in [3.05, 3.63) is 73.1 Å². The Balaban J connectivity index is 2.17. The molecular weight excluding hydrogens is 218 g/mol. The highest BCUT2D eigenvalue weighted by molar-refractivity contribution is 5.83. The van der Waals surface area contributed by atoms with Gasteiger partial charge in [0.2, 0.25) is 0 Å². The Labute approximate surface area is 107 Å². The molecule has 0 radical (unpaired) electrons. The summed E-state index contributed by atoms with van der Waals surface area (Å²) in [4.78, 5) is 0. The molecule has 0 N–H and O–H groups in total. The van der Waals surface area contributed by atoms with Crippen molar-refractivity contribution < 1.29 is 0 Å². The van der Waals surface area contributed by atoms with Crippen LogP contribution in [0.1, 0.15) is 0 Å². The Morgan fingerprint density at radius 2 is 1.00 bits per heavy atom. The van der Waals surface area contributed by atoms with E-state index in [0.29, 0.717) is 0 Å². The molecule has 0 saturated carbocycles. The van der Waals surface area contributed by atoms with Gasteiger partial charge in [0.15, 0.2) is 0 Å². The van der Waals surface area contributed by atoms with Gasteiger partial charge in [0, 0.05) is 30.6 Å². The van der Waals surface area contributed by atoms with Gasteiger partial charge in [-0.25, -0.2) is 0 Å². The summed E-state index contributed by atoms with van der Waals surface area (Å²) in [6, 6.07) is 21.0. The summed E-state index contributed by atoms with van der Waals surface area (Å²) in [6.45, 7) is 0. The van der Waals surface area contributed by atoms with E-state index in [0.717, 1.165) is 0 Å². The predicted octanol–water partition coefficient (Wildman–Crippen LogP) is 4.36. The first kappa shape index (κ1) is 10.8. The van der Waals surface area contributed by atoms with Crippen molar-refractivity contribution in [3.63, 3.8) is 0 Å². The third kappa shape index (κ3) is 1.95. The maximum absolute atomic E-state index is 2.18. The van der Waals surface area contributed by atoms with Crippen LogP contribution in [0.2, 0.25) is 0 Å². The Hall–Kier alpha value is -2.28. The molecule has 0 fully saturated rings. The number of benzene rings is 2. The summed E-state index contributed by atoms with van der Waals surface area (Å²) in [5.74, 6) is 0. The van der Waals surface area contributed by atoms with Gasteiger partial charge < -0.3 is 4.57 Å². The Morgan fingerprint density at radius 1 is 0.611 bits per heavy atom. The molecule has 18 heavy (non-hydrogen) atoms. The summed E-state index contributed by atoms with van der Waals surface area (Å²) in [5.41, 5.74) is 5.09. The van der Waals surface area contributed by atoms with E-state index in [4.69, 9.17) is 0 Å². The molecule has 0 amide bonds. The molecule has 1 nitrogen and oxygen atoms in total. The molecule has 0 unspecified atom stereocenters. The van der Waals surface area contributed by atoms with E-state index in [1.165, 1.54) is 22.3 Å². The van der Waals surface area contributed by atoms with Crippen LogP contribution in [0.25, 0.3) is 22.3 Å². The summed E-state index contributed by atoms with van der Waals surface area (Å²) in [5, 5.41) is 0. The van der Waals surface area contributed by atoms with Crippen LogP contribution in [-0.2, 0) is 7.05 Å². The molecule has 3 aromatic rings.